The van der Waals surface area contributed by atoms with Crippen molar-refractivity contribution in [3.63, 3.8) is 0 Å². The molecule has 0 aromatic heterocycles. The van der Waals surface area contributed by atoms with Crippen molar-refractivity contribution in [3.8, 4) is 0 Å². The standard InChI is InChI=1S/C59H94O6/c1-4-7-10-13-16-19-22-25-28-29-32-34-37-40-43-46-49-52-58(61)64-55-56(65-59(62)53-50-47-44-41-38-35-31-27-24-21-18-15-12-9-6-3)54-63-57(60)51-48-45-42-39-36-33-30-26-23-20-17-14-11-8-5-2/h7,9-10,12,15-21,23-26,28,32,34,40,43,56H,4-6,8,11,13-14,22,27,29-31,33,35-39,41-42,44-55H2,1-3H3/b10-7-,12-9-,18-15-,19-16-,20-17-,24-21-,26-23-,28-25-,34-32-,43-40-. The Bertz CT molecular complexity index is 1400. The molecule has 0 radical (unpaired) electrons. The summed E-state index contributed by atoms with van der Waals surface area (Å²) in [4.78, 5) is 38.0. The van der Waals surface area contributed by atoms with Gasteiger partial charge in [0.05, 0.1) is 0 Å². The van der Waals surface area contributed by atoms with E-state index in [1.807, 2.05) is 0 Å². The van der Waals surface area contributed by atoms with Gasteiger partial charge in [-0.05, 0) is 103 Å². The van der Waals surface area contributed by atoms with Gasteiger partial charge in [0.2, 0.25) is 0 Å². The molecule has 0 saturated heterocycles. The fourth-order valence-electron chi connectivity index (χ4n) is 6.64. The van der Waals surface area contributed by atoms with Crippen LogP contribution in [0.1, 0.15) is 213 Å². The maximum absolute atomic E-state index is 12.8. The molecule has 6 nitrogen and oxygen atoms in total. The molecule has 0 saturated carbocycles. The maximum atomic E-state index is 12.8. The number of allylic oxidation sites excluding steroid dienone is 20. The van der Waals surface area contributed by atoms with E-state index in [0.29, 0.717) is 19.3 Å². The Morgan fingerprint density at radius 2 is 0.692 bits per heavy atom. The minimum absolute atomic E-state index is 0.110. The summed E-state index contributed by atoms with van der Waals surface area (Å²) in [7, 11) is 0. The van der Waals surface area contributed by atoms with E-state index in [9.17, 15) is 14.4 Å². The molecule has 0 aliphatic rings. The molecule has 366 valence electrons. The van der Waals surface area contributed by atoms with Crippen LogP contribution in [-0.4, -0.2) is 37.2 Å². The van der Waals surface area contributed by atoms with Crippen molar-refractivity contribution in [2.24, 2.45) is 0 Å². The molecule has 0 N–H and O–H groups in total. The minimum atomic E-state index is -0.815. The van der Waals surface area contributed by atoms with Crippen LogP contribution in [-0.2, 0) is 28.6 Å². The van der Waals surface area contributed by atoms with Crippen LogP contribution in [0.5, 0.6) is 0 Å². The Balaban J connectivity index is 4.54. The van der Waals surface area contributed by atoms with E-state index in [1.54, 1.807) is 0 Å². The lowest BCUT2D eigenvalue weighted by atomic mass is 10.1. The molecule has 0 bridgehead atoms. The molecule has 0 amide bonds. The van der Waals surface area contributed by atoms with Gasteiger partial charge in [-0.15, -0.1) is 0 Å². The molecule has 6 heteroatoms. The van der Waals surface area contributed by atoms with Gasteiger partial charge in [0.25, 0.3) is 0 Å². The Morgan fingerprint density at radius 3 is 1.17 bits per heavy atom. The number of hydrogen-bond acceptors (Lipinski definition) is 6. The topological polar surface area (TPSA) is 78.9 Å². The summed E-state index contributed by atoms with van der Waals surface area (Å²) in [6.07, 6.45) is 71.8. The average Bonchev–Trinajstić information content (AvgIpc) is 3.30. The summed E-state index contributed by atoms with van der Waals surface area (Å²) in [6, 6.07) is 0. The van der Waals surface area contributed by atoms with Gasteiger partial charge in [0.1, 0.15) is 13.2 Å². The van der Waals surface area contributed by atoms with Gasteiger partial charge >= 0.3 is 17.9 Å². The van der Waals surface area contributed by atoms with E-state index in [2.05, 4.69) is 142 Å². The van der Waals surface area contributed by atoms with Crippen molar-refractivity contribution in [2.75, 3.05) is 13.2 Å². The molecular formula is C59H94O6. The molecule has 0 aliphatic carbocycles. The predicted molar refractivity (Wildman–Crippen MR) is 279 cm³/mol. The molecule has 0 spiro atoms. The SMILES string of the molecule is CC\C=C/C=C\C=C/CCCCCCCCCC(=O)OC(COC(=O)CCC/C=C\C/C=C\C/C=C\C/C=C\C/C=C\CC)COC(=O)CCCCCCCC/C=C\C=C/CCCCC. The number of hydrogen-bond donors (Lipinski definition) is 0. The molecule has 0 aromatic rings. The lowest BCUT2D eigenvalue weighted by molar-refractivity contribution is -0.167. The fourth-order valence-corrected chi connectivity index (χ4v) is 6.64. The van der Waals surface area contributed by atoms with Crippen molar-refractivity contribution < 1.29 is 28.6 Å². The minimum Gasteiger partial charge on any atom is -0.462 e. The van der Waals surface area contributed by atoms with Crippen molar-refractivity contribution >= 4 is 17.9 Å². The van der Waals surface area contributed by atoms with E-state index >= 15 is 0 Å². The van der Waals surface area contributed by atoms with Gasteiger partial charge in [-0.3, -0.25) is 14.4 Å². The Kier molecular flexibility index (Phi) is 49.1. The van der Waals surface area contributed by atoms with E-state index in [1.165, 1.54) is 57.8 Å². The van der Waals surface area contributed by atoms with Gasteiger partial charge in [0.15, 0.2) is 6.10 Å². The van der Waals surface area contributed by atoms with E-state index in [-0.39, 0.29) is 37.5 Å². The highest BCUT2D eigenvalue weighted by molar-refractivity contribution is 5.71. The van der Waals surface area contributed by atoms with Crippen molar-refractivity contribution in [2.45, 2.75) is 219 Å². The van der Waals surface area contributed by atoms with Gasteiger partial charge in [-0.25, -0.2) is 0 Å². The highest BCUT2D eigenvalue weighted by Crippen LogP contribution is 2.13. The quantitative estimate of drug-likeness (QED) is 0.0199. The summed E-state index contributed by atoms with van der Waals surface area (Å²) >= 11 is 0. The molecule has 1 unspecified atom stereocenters. The van der Waals surface area contributed by atoms with Crippen LogP contribution in [0.2, 0.25) is 0 Å². The average molecular weight is 899 g/mol. The van der Waals surface area contributed by atoms with E-state index in [4.69, 9.17) is 14.2 Å². The molecule has 0 rings (SSSR count). The summed E-state index contributed by atoms with van der Waals surface area (Å²) in [5, 5.41) is 0. The van der Waals surface area contributed by atoms with Crippen LogP contribution in [0.15, 0.2) is 122 Å². The lowest BCUT2D eigenvalue weighted by Gasteiger charge is -2.18. The summed E-state index contributed by atoms with van der Waals surface area (Å²) in [6.45, 7) is 6.28. The third-order valence-corrected chi connectivity index (χ3v) is 10.5. The zero-order valence-electron chi connectivity index (χ0n) is 41.7. The van der Waals surface area contributed by atoms with Crippen molar-refractivity contribution in [3.05, 3.63) is 122 Å². The van der Waals surface area contributed by atoms with Gasteiger partial charge in [0, 0.05) is 19.3 Å². The van der Waals surface area contributed by atoms with Crippen LogP contribution in [0.3, 0.4) is 0 Å². The van der Waals surface area contributed by atoms with E-state index < -0.39 is 6.10 Å². The van der Waals surface area contributed by atoms with Crippen LogP contribution < -0.4 is 0 Å². The van der Waals surface area contributed by atoms with Gasteiger partial charge in [-0.1, -0.05) is 213 Å². The Hall–Kier alpha value is -4.19. The van der Waals surface area contributed by atoms with Crippen LogP contribution in [0, 0.1) is 0 Å². The number of carbonyl (C=O) groups excluding carboxylic acids is 3. The molecule has 65 heavy (non-hydrogen) atoms. The molecule has 0 heterocycles. The second-order valence-electron chi connectivity index (χ2n) is 16.8. The Labute approximate surface area is 399 Å². The smallest absolute Gasteiger partial charge is 0.306 e. The first-order valence-corrected chi connectivity index (χ1v) is 26.1. The third kappa shape index (κ3) is 50.7. The third-order valence-electron chi connectivity index (χ3n) is 10.5. The summed E-state index contributed by atoms with van der Waals surface area (Å²) < 4.78 is 16.7. The number of esters is 3. The monoisotopic (exact) mass is 899 g/mol. The van der Waals surface area contributed by atoms with Crippen molar-refractivity contribution in [1.82, 2.24) is 0 Å². The fraction of sp³-hybridized carbons (Fsp3) is 0.610. The Morgan fingerprint density at radius 1 is 0.338 bits per heavy atom. The second-order valence-corrected chi connectivity index (χ2v) is 16.8. The van der Waals surface area contributed by atoms with E-state index in [0.717, 1.165) is 109 Å². The second kappa shape index (κ2) is 52.4. The lowest BCUT2D eigenvalue weighted by Crippen LogP contribution is -2.30. The van der Waals surface area contributed by atoms with Gasteiger partial charge in [-0.2, -0.15) is 0 Å². The molecule has 0 fully saturated rings. The number of carbonyl (C=O) groups is 3. The van der Waals surface area contributed by atoms with Crippen LogP contribution in [0.4, 0.5) is 0 Å². The summed E-state index contributed by atoms with van der Waals surface area (Å²) in [5.74, 6) is -1.00. The zero-order chi connectivity index (χ0) is 47.2. The first kappa shape index (κ1) is 60.8. The number of unbranched alkanes of at least 4 members (excludes halogenated alkanes) is 17. The first-order chi connectivity index (χ1) is 32.0. The summed E-state index contributed by atoms with van der Waals surface area (Å²) in [5.41, 5.74) is 0. The maximum Gasteiger partial charge on any atom is 0.306 e. The highest BCUT2D eigenvalue weighted by atomic mass is 16.6. The van der Waals surface area contributed by atoms with Crippen molar-refractivity contribution in [1.29, 1.82) is 0 Å². The van der Waals surface area contributed by atoms with Gasteiger partial charge < -0.3 is 14.2 Å². The highest BCUT2D eigenvalue weighted by Gasteiger charge is 2.19. The molecule has 0 aliphatic heterocycles. The zero-order valence-corrected chi connectivity index (χ0v) is 41.7. The molecule has 0 aromatic carbocycles. The predicted octanol–water partition coefficient (Wildman–Crippen LogP) is 17.3. The normalized spacial score (nSPS) is 13.1. The largest absolute Gasteiger partial charge is 0.462 e. The first-order valence-electron chi connectivity index (χ1n) is 26.1. The number of ether oxygens (including phenoxy) is 3. The van der Waals surface area contributed by atoms with Crippen LogP contribution >= 0.6 is 0 Å². The van der Waals surface area contributed by atoms with Crippen LogP contribution in [0.25, 0.3) is 0 Å². The molecule has 1 atom stereocenters. The molecular weight excluding hydrogens is 805 g/mol. The number of rotatable bonds is 45.